The molecule has 0 heterocycles. The number of ether oxygens (including phenoxy) is 1. The van der Waals surface area contributed by atoms with E-state index in [0.717, 1.165) is 6.92 Å². The lowest BCUT2D eigenvalue weighted by atomic mass is 10.2. The van der Waals surface area contributed by atoms with Gasteiger partial charge in [0.1, 0.15) is 6.04 Å². The number of hydrogen-bond acceptors (Lipinski definition) is 5. The molecule has 0 spiro atoms. The fourth-order valence-corrected chi connectivity index (χ4v) is 0.333. The normalized spacial score (nSPS) is 13.3. The predicted molar refractivity (Wildman–Crippen MR) is 45.0 cm³/mol. The summed E-state index contributed by atoms with van der Waals surface area (Å²) in [5.74, 6) is -1.43. The molecule has 0 unspecified atom stereocenters. The van der Waals surface area contributed by atoms with Gasteiger partial charge in [-0.1, -0.05) is 0 Å². The molecule has 6 heteroatoms. The Bertz CT molecular complexity index is 164. The Morgan fingerprint density at radius 2 is 1.77 bits per heavy atom. The predicted octanol–water partition coefficient (Wildman–Crippen LogP) is -1.04. The van der Waals surface area contributed by atoms with Crippen LogP contribution in [0.5, 0.6) is 0 Å². The van der Waals surface area contributed by atoms with Gasteiger partial charge in [-0.3, -0.25) is 9.59 Å². The van der Waals surface area contributed by atoms with Crippen molar-refractivity contribution in [3.63, 3.8) is 0 Å². The van der Waals surface area contributed by atoms with E-state index in [1.54, 1.807) is 0 Å². The molecule has 0 rings (SSSR count). The van der Waals surface area contributed by atoms with Crippen LogP contribution in [-0.2, 0) is 14.3 Å². The first-order chi connectivity index (χ1) is 5.82. The molecule has 0 aliphatic rings. The molecule has 4 N–H and O–H groups in total. The monoisotopic (exact) mass is 193 g/mol. The number of carbonyl (C=O) groups is 2. The minimum absolute atomic E-state index is 0.593. The Hall–Kier alpha value is -1.14. The van der Waals surface area contributed by atoms with Gasteiger partial charge >= 0.3 is 5.97 Å². The average molecular weight is 193 g/mol. The van der Waals surface area contributed by atoms with Gasteiger partial charge in [0.05, 0.1) is 13.2 Å². The first kappa shape index (κ1) is 14.4. The quantitative estimate of drug-likeness (QED) is 0.483. The van der Waals surface area contributed by atoms with Crippen molar-refractivity contribution in [1.29, 1.82) is 0 Å². The van der Waals surface area contributed by atoms with Gasteiger partial charge in [-0.25, -0.2) is 0 Å². The van der Waals surface area contributed by atoms with Gasteiger partial charge in [-0.15, -0.1) is 0 Å². The number of carbonyl (C=O) groups excluding carboxylic acids is 1. The number of aliphatic hydroxyl groups excluding tert-OH is 1. The largest absolute Gasteiger partial charge is 0.481 e. The molecule has 0 bridgehead atoms. The van der Waals surface area contributed by atoms with Crippen molar-refractivity contribution in [3.05, 3.63) is 0 Å². The summed E-state index contributed by atoms with van der Waals surface area (Å²) < 4.78 is 4.25. The summed E-state index contributed by atoms with van der Waals surface area (Å²) in [6.07, 6.45) is -0.850. The van der Waals surface area contributed by atoms with Crippen LogP contribution in [-0.4, -0.2) is 41.4 Å². The summed E-state index contributed by atoms with van der Waals surface area (Å²) >= 11 is 0. The maximum Gasteiger partial charge on any atom is 0.325 e. The third-order valence-electron chi connectivity index (χ3n) is 0.993. The van der Waals surface area contributed by atoms with E-state index in [0.29, 0.717) is 0 Å². The highest BCUT2D eigenvalue weighted by atomic mass is 16.5. The summed E-state index contributed by atoms with van der Waals surface area (Å²) in [4.78, 5) is 19.4. The standard InChI is InChI=1S/C5H11NO3.C2H4O2/c1-3(7)4(6)5(8)9-2;1-2(3)4/h3-4,7H,6H2,1-2H3;1H3,(H,3,4)/t3-,4+;/m1./s1. The summed E-state index contributed by atoms with van der Waals surface area (Å²) in [6, 6.07) is -0.921. The molecule has 78 valence electrons. The topological polar surface area (TPSA) is 110 Å². The van der Waals surface area contributed by atoms with Gasteiger partial charge in [0.25, 0.3) is 5.97 Å². The number of hydrogen-bond donors (Lipinski definition) is 3. The maximum atomic E-state index is 10.4. The fourth-order valence-electron chi connectivity index (χ4n) is 0.333. The van der Waals surface area contributed by atoms with Crippen molar-refractivity contribution < 1.29 is 24.5 Å². The number of aliphatic hydroxyl groups is 1. The van der Waals surface area contributed by atoms with Gasteiger partial charge in [-0.05, 0) is 6.92 Å². The van der Waals surface area contributed by atoms with Crippen LogP contribution < -0.4 is 5.73 Å². The van der Waals surface area contributed by atoms with Crippen LogP contribution in [0.1, 0.15) is 13.8 Å². The van der Waals surface area contributed by atoms with Crippen molar-refractivity contribution in [2.45, 2.75) is 26.0 Å². The number of esters is 1. The summed E-state index contributed by atoms with van der Waals surface area (Å²) in [6.45, 7) is 2.52. The highest BCUT2D eigenvalue weighted by molar-refractivity contribution is 5.75. The lowest BCUT2D eigenvalue weighted by Gasteiger charge is -2.10. The van der Waals surface area contributed by atoms with Crippen LogP contribution in [0.15, 0.2) is 0 Å². The third-order valence-corrected chi connectivity index (χ3v) is 0.993. The Morgan fingerprint density at radius 1 is 1.46 bits per heavy atom. The second-order valence-electron chi connectivity index (χ2n) is 2.31. The van der Waals surface area contributed by atoms with Gasteiger partial charge in [0.15, 0.2) is 0 Å². The highest BCUT2D eigenvalue weighted by Crippen LogP contribution is 1.89. The van der Waals surface area contributed by atoms with Crippen molar-refractivity contribution in [2.75, 3.05) is 7.11 Å². The van der Waals surface area contributed by atoms with E-state index in [4.69, 9.17) is 20.7 Å². The van der Waals surface area contributed by atoms with Crippen LogP contribution >= 0.6 is 0 Å². The van der Waals surface area contributed by atoms with E-state index in [1.165, 1.54) is 14.0 Å². The van der Waals surface area contributed by atoms with Crippen LogP contribution in [0.2, 0.25) is 0 Å². The van der Waals surface area contributed by atoms with E-state index in [2.05, 4.69) is 4.74 Å². The summed E-state index contributed by atoms with van der Waals surface area (Å²) in [5, 5.41) is 16.1. The summed E-state index contributed by atoms with van der Waals surface area (Å²) in [5.41, 5.74) is 5.15. The Balaban J connectivity index is 0. The average Bonchev–Trinajstić information content (AvgIpc) is 2.00. The Kier molecular flexibility index (Phi) is 8.31. The van der Waals surface area contributed by atoms with Gasteiger partial charge in [0, 0.05) is 6.92 Å². The first-order valence-corrected chi connectivity index (χ1v) is 3.54. The van der Waals surface area contributed by atoms with E-state index in [9.17, 15) is 4.79 Å². The molecule has 0 saturated carbocycles. The molecule has 0 radical (unpaired) electrons. The van der Waals surface area contributed by atoms with Crippen LogP contribution in [0.25, 0.3) is 0 Å². The number of methoxy groups -OCH3 is 1. The zero-order chi connectivity index (χ0) is 11.0. The number of carboxylic acid groups (broad SMARTS) is 1. The van der Waals surface area contributed by atoms with Crippen LogP contribution in [0, 0.1) is 0 Å². The number of nitrogens with two attached hydrogens (primary N) is 1. The Morgan fingerprint density at radius 3 is 1.85 bits per heavy atom. The second kappa shape index (κ2) is 7.51. The van der Waals surface area contributed by atoms with E-state index < -0.39 is 24.1 Å². The van der Waals surface area contributed by atoms with E-state index in [-0.39, 0.29) is 0 Å². The van der Waals surface area contributed by atoms with Crippen molar-refractivity contribution in [3.8, 4) is 0 Å². The first-order valence-electron chi connectivity index (χ1n) is 3.54. The number of rotatable bonds is 2. The smallest absolute Gasteiger partial charge is 0.325 e. The van der Waals surface area contributed by atoms with Gasteiger partial charge in [-0.2, -0.15) is 0 Å². The van der Waals surface area contributed by atoms with Crippen LogP contribution in [0.3, 0.4) is 0 Å². The molecule has 13 heavy (non-hydrogen) atoms. The van der Waals surface area contributed by atoms with Crippen molar-refractivity contribution in [1.82, 2.24) is 0 Å². The lowest BCUT2D eigenvalue weighted by molar-refractivity contribution is -0.144. The molecule has 0 amide bonds. The van der Waals surface area contributed by atoms with Crippen molar-refractivity contribution in [2.24, 2.45) is 5.73 Å². The lowest BCUT2D eigenvalue weighted by Crippen LogP contribution is -2.40. The molecule has 0 saturated heterocycles. The summed E-state index contributed by atoms with van der Waals surface area (Å²) in [7, 11) is 1.23. The van der Waals surface area contributed by atoms with E-state index >= 15 is 0 Å². The SMILES string of the molecule is CC(=O)O.COC(=O)[C@@H](N)[C@@H](C)O. The molecule has 0 aromatic rings. The Labute approximate surface area is 76.3 Å². The molecule has 0 aromatic heterocycles. The minimum atomic E-state index is -0.921. The zero-order valence-corrected chi connectivity index (χ0v) is 7.85. The number of carboxylic acids is 1. The molecule has 0 fully saturated rings. The second-order valence-corrected chi connectivity index (χ2v) is 2.31. The molecule has 0 aromatic carbocycles. The molecular weight excluding hydrogens is 178 g/mol. The molecule has 2 atom stereocenters. The molecule has 0 aliphatic carbocycles. The van der Waals surface area contributed by atoms with Gasteiger partial charge < -0.3 is 20.7 Å². The maximum absolute atomic E-state index is 10.4. The number of aliphatic carboxylic acids is 1. The fraction of sp³-hybridized carbons (Fsp3) is 0.714. The van der Waals surface area contributed by atoms with Gasteiger partial charge in [0.2, 0.25) is 0 Å². The molecule has 6 nitrogen and oxygen atoms in total. The van der Waals surface area contributed by atoms with Crippen molar-refractivity contribution >= 4 is 11.9 Å². The van der Waals surface area contributed by atoms with E-state index in [1.807, 2.05) is 0 Å². The van der Waals surface area contributed by atoms with Crippen LogP contribution in [0.4, 0.5) is 0 Å². The highest BCUT2D eigenvalue weighted by Gasteiger charge is 2.18. The minimum Gasteiger partial charge on any atom is -0.481 e. The molecular formula is C7H15NO5. The molecule has 0 aliphatic heterocycles. The third kappa shape index (κ3) is 10.9. The zero-order valence-electron chi connectivity index (χ0n) is 7.85.